The number of non-ortho nitro benzene ring substituents is 1. The number of furan rings is 1. The van der Waals surface area contributed by atoms with E-state index in [4.69, 9.17) is 4.42 Å². The minimum atomic E-state index is -0.632. The van der Waals surface area contributed by atoms with Crippen LogP contribution in [0.3, 0.4) is 0 Å². The number of carbonyl (C=O) groups excluding carboxylic acids is 2. The van der Waals surface area contributed by atoms with Gasteiger partial charge < -0.3 is 4.42 Å². The summed E-state index contributed by atoms with van der Waals surface area (Å²) in [7, 11) is 0. The van der Waals surface area contributed by atoms with E-state index in [0.717, 1.165) is 41.9 Å². The molecule has 2 amide bonds. The number of rotatable bonds is 4. The average Bonchev–Trinajstić information content (AvgIpc) is 3.31. The molecule has 28 heavy (non-hydrogen) atoms. The Bertz CT molecular complexity index is 1100. The van der Waals surface area contributed by atoms with Crippen molar-refractivity contribution in [1.82, 2.24) is 10.9 Å². The Morgan fingerprint density at radius 3 is 2.68 bits per heavy atom. The summed E-state index contributed by atoms with van der Waals surface area (Å²) in [5, 5.41) is 11.7. The molecule has 0 spiro atoms. The minimum absolute atomic E-state index is 0.0427. The first-order valence-corrected chi connectivity index (χ1v) is 8.87. The third kappa shape index (κ3) is 3.44. The van der Waals surface area contributed by atoms with Crippen molar-refractivity contribution in [3.8, 4) is 0 Å². The zero-order valence-corrected chi connectivity index (χ0v) is 14.9. The fourth-order valence-corrected chi connectivity index (χ4v) is 3.46. The van der Waals surface area contributed by atoms with E-state index in [1.165, 1.54) is 29.3 Å². The van der Waals surface area contributed by atoms with Crippen LogP contribution in [-0.2, 0) is 24.1 Å². The van der Waals surface area contributed by atoms with Crippen molar-refractivity contribution in [3.63, 3.8) is 0 Å². The molecular formula is C20H17N3O5. The van der Waals surface area contributed by atoms with Gasteiger partial charge in [-0.15, -0.1) is 0 Å². The fraction of sp³-hybridized carbons (Fsp3) is 0.200. The number of fused-ring (bicyclic) bond motifs is 2. The van der Waals surface area contributed by atoms with E-state index in [2.05, 4.69) is 16.9 Å². The van der Waals surface area contributed by atoms with Crippen molar-refractivity contribution in [1.29, 1.82) is 0 Å². The third-order valence-electron chi connectivity index (χ3n) is 4.85. The maximum absolute atomic E-state index is 12.2. The molecule has 0 radical (unpaired) electrons. The molecule has 0 atom stereocenters. The lowest BCUT2D eigenvalue weighted by molar-refractivity contribution is -0.384. The SMILES string of the molecule is O=C(Cc1coc2cc3c(cc12)CCC3)NNC(=O)c1cccc([N+](=O)[O-])c1. The van der Waals surface area contributed by atoms with Crippen LogP contribution in [0.25, 0.3) is 11.0 Å². The summed E-state index contributed by atoms with van der Waals surface area (Å²) in [5.41, 5.74) is 8.57. The minimum Gasteiger partial charge on any atom is -0.464 e. The summed E-state index contributed by atoms with van der Waals surface area (Å²) in [6.07, 6.45) is 4.80. The van der Waals surface area contributed by atoms with E-state index in [1.807, 2.05) is 6.07 Å². The molecule has 1 heterocycles. The Morgan fingerprint density at radius 2 is 1.89 bits per heavy atom. The number of nitro benzene ring substituents is 1. The van der Waals surface area contributed by atoms with Gasteiger partial charge in [0.05, 0.1) is 17.6 Å². The fourth-order valence-electron chi connectivity index (χ4n) is 3.46. The lowest BCUT2D eigenvalue weighted by Crippen LogP contribution is -2.42. The van der Waals surface area contributed by atoms with E-state index in [-0.39, 0.29) is 17.7 Å². The maximum atomic E-state index is 12.2. The quantitative estimate of drug-likeness (QED) is 0.534. The van der Waals surface area contributed by atoms with Crippen LogP contribution in [0.4, 0.5) is 5.69 Å². The van der Waals surface area contributed by atoms with Crippen LogP contribution in [0.1, 0.15) is 33.5 Å². The summed E-state index contributed by atoms with van der Waals surface area (Å²) < 4.78 is 5.57. The molecular weight excluding hydrogens is 362 g/mol. The first kappa shape index (κ1) is 17.7. The van der Waals surface area contributed by atoms with Gasteiger partial charge in [-0.05, 0) is 48.6 Å². The number of aryl methyl sites for hydroxylation is 2. The molecule has 8 nitrogen and oxygen atoms in total. The second kappa shape index (κ2) is 7.15. The number of nitrogens with one attached hydrogen (secondary N) is 2. The molecule has 1 aliphatic carbocycles. The van der Waals surface area contributed by atoms with Gasteiger partial charge in [0.2, 0.25) is 5.91 Å². The molecule has 1 aromatic heterocycles. The summed E-state index contributed by atoms with van der Waals surface area (Å²) in [4.78, 5) is 34.5. The first-order valence-electron chi connectivity index (χ1n) is 8.87. The van der Waals surface area contributed by atoms with Crippen LogP contribution in [0.5, 0.6) is 0 Å². The van der Waals surface area contributed by atoms with Crippen molar-refractivity contribution in [2.75, 3.05) is 0 Å². The second-order valence-corrected chi connectivity index (χ2v) is 6.72. The monoisotopic (exact) mass is 379 g/mol. The summed E-state index contributed by atoms with van der Waals surface area (Å²) in [5.74, 6) is -1.05. The van der Waals surface area contributed by atoms with Gasteiger partial charge in [-0.3, -0.25) is 30.6 Å². The highest BCUT2D eigenvalue weighted by atomic mass is 16.6. The van der Waals surface area contributed by atoms with Gasteiger partial charge in [0.15, 0.2) is 0 Å². The predicted molar refractivity (Wildman–Crippen MR) is 101 cm³/mol. The van der Waals surface area contributed by atoms with Crippen LogP contribution in [0.2, 0.25) is 0 Å². The van der Waals surface area contributed by atoms with E-state index < -0.39 is 16.7 Å². The van der Waals surface area contributed by atoms with E-state index in [1.54, 1.807) is 6.26 Å². The zero-order valence-electron chi connectivity index (χ0n) is 14.9. The molecule has 2 N–H and O–H groups in total. The molecule has 142 valence electrons. The third-order valence-corrected chi connectivity index (χ3v) is 4.85. The van der Waals surface area contributed by atoms with Gasteiger partial charge in [0.25, 0.3) is 11.6 Å². The highest BCUT2D eigenvalue weighted by molar-refractivity contribution is 5.96. The number of hydrazine groups is 1. The van der Waals surface area contributed by atoms with Crippen LogP contribution < -0.4 is 10.9 Å². The lowest BCUT2D eigenvalue weighted by atomic mass is 10.0. The van der Waals surface area contributed by atoms with Crippen LogP contribution in [0.15, 0.2) is 47.1 Å². The van der Waals surface area contributed by atoms with Crippen molar-refractivity contribution in [2.45, 2.75) is 25.7 Å². The summed E-state index contributed by atoms with van der Waals surface area (Å²) >= 11 is 0. The Labute approximate surface area is 159 Å². The molecule has 0 aliphatic heterocycles. The molecule has 0 saturated heterocycles. The van der Waals surface area contributed by atoms with E-state index in [0.29, 0.717) is 0 Å². The number of benzene rings is 2. The van der Waals surface area contributed by atoms with Gasteiger partial charge in [0.1, 0.15) is 5.58 Å². The Hall–Kier alpha value is -3.68. The standard InChI is InChI=1S/C20H17N3O5/c24-19(21-22-20(25)14-5-2-6-16(7-14)23(26)27)10-15-11-28-18-9-13-4-1-3-12(13)8-17(15)18/h2,5-9,11H,1,3-4,10H2,(H,21,24)(H,22,25). The molecule has 3 aromatic rings. The maximum Gasteiger partial charge on any atom is 0.270 e. The summed E-state index contributed by atoms with van der Waals surface area (Å²) in [6.45, 7) is 0. The van der Waals surface area contributed by atoms with Crippen molar-refractivity contribution in [2.24, 2.45) is 0 Å². The largest absolute Gasteiger partial charge is 0.464 e. The van der Waals surface area contributed by atoms with E-state index in [9.17, 15) is 19.7 Å². The highest BCUT2D eigenvalue weighted by Crippen LogP contribution is 2.30. The van der Waals surface area contributed by atoms with Gasteiger partial charge in [-0.2, -0.15) is 0 Å². The second-order valence-electron chi connectivity index (χ2n) is 6.72. The predicted octanol–water partition coefficient (Wildman–Crippen LogP) is 2.83. The van der Waals surface area contributed by atoms with Crippen molar-refractivity contribution >= 4 is 28.5 Å². The van der Waals surface area contributed by atoms with E-state index >= 15 is 0 Å². The molecule has 0 bridgehead atoms. The molecule has 0 fully saturated rings. The van der Waals surface area contributed by atoms with Gasteiger partial charge in [-0.1, -0.05) is 6.07 Å². The normalized spacial score (nSPS) is 12.6. The van der Waals surface area contributed by atoms with Crippen LogP contribution in [0, 0.1) is 10.1 Å². The Morgan fingerprint density at radius 1 is 1.11 bits per heavy atom. The number of carbonyl (C=O) groups is 2. The van der Waals surface area contributed by atoms with Crippen LogP contribution in [-0.4, -0.2) is 16.7 Å². The molecule has 0 unspecified atom stereocenters. The van der Waals surface area contributed by atoms with Gasteiger partial charge >= 0.3 is 0 Å². The van der Waals surface area contributed by atoms with Crippen molar-refractivity contribution < 1.29 is 18.9 Å². The van der Waals surface area contributed by atoms with Crippen LogP contribution >= 0.6 is 0 Å². The molecule has 8 heteroatoms. The molecule has 0 saturated carbocycles. The first-order chi connectivity index (χ1) is 13.5. The molecule has 2 aromatic carbocycles. The molecule has 1 aliphatic rings. The Kier molecular flexibility index (Phi) is 4.52. The highest BCUT2D eigenvalue weighted by Gasteiger charge is 2.17. The number of hydrogen-bond acceptors (Lipinski definition) is 5. The topological polar surface area (TPSA) is 114 Å². The summed E-state index contributed by atoms with van der Waals surface area (Å²) in [6, 6.07) is 9.37. The number of hydrogen-bond donors (Lipinski definition) is 2. The molecule has 4 rings (SSSR count). The van der Waals surface area contributed by atoms with Crippen molar-refractivity contribution in [3.05, 3.63) is 75.0 Å². The smallest absolute Gasteiger partial charge is 0.270 e. The number of amides is 2. The number of nitrogens with zero attached hydrogens (tertiary/aromatic N) is 1. The zero-order chi connectivity index (χ0) is 19.7. The van der Waals surface area contributed by atoms with Gasteiger partial charge in [0, 0.05) is 28.6 Å². The average molecular weight is 379 g/mol. The number of nitro groups is 1. The Balaban J connectivity index is 1.41. The van der Waals surface area contributed by atoms with Gasteiger partial charge in [-0.25, -0.2) is 0 Å². The lowest BCUT2D eigenvalue weighted by Gasteiger charge is -2.07.